The maximum Gasteiger partial charge on any atom is 0.239 e. The Balaban J connectivity index is 1.94. The van der Waals surface area contributed by atoms with Crippen molar-refractivity contribution in [3.8, 4) is 0 Å². The predicted molar refractivity (Wildman–Crippen MR) is 77.1 cm³/mol. The van der Waals surface area contributed by atoms with Crippen LogP contribution in [0.5, 0.6) is 0 Å². The fourth-order valence-corrected chi connectivity index (χ4v) is 2.58. The van der Waals surface area contributed by atoms with Crippen molar-refractivity contribution in [2.75, 3.05) is 20.1 Å². The minimum absolute atomic E-state index is 0.111. The van der Waals surface area contributed by atoms with Crippen molar-refractivity contribution in [2.45, 2.75) is 52.2 Å². The van der Waals surface area contributed by atoms with Crippen LogP contribution in [0.15, 0.2) is 6.33 Å². The quantitative estimate of drug-likeness (QED) is 0.783. The van der Waals surface area contributed by atoms with E-state index < -0.39 is 0 Å². The monoisotopic (exact) mass is 279 g/mol. The van der Waals surface area contributed by atoms with E-state index in [0.29, 0.717) is 6.54 Å². The molecule has 1 amide bonds. The van der Waals surface area contributed by atoms with E-state index in [1.165, 1.54) is 0 Å². The lowest BCUT2D eigenvalue weighted by atomic mass is 10.2. The molecule has 0 radical (unpaired) electrons. The molecule has 1 aliphatic heterocycles. The molecule has 6 heteroatoms. The molecule has 0 saturated carbocycles. The van der Waals surface area contributed by atoms with Crippen molar-refractivity contribution < 1.29 is 4.79 Å². The lowest BCUT2D eigenvalue weighted by Crippen LogP contribution is -2.44. The molecule has 0 N–H and O–H groups in total. The molecule has 2 heterocycles. The fourth-order valence-electron chi connectivity index (χ4n) is 2.58. The molecule has 0 aromatic carbocycles. The number of carbonyl (C=O) groups excluding carboxylic acids is 1. The van der Waals surface area contributed by atoms with Gasteiger partial charge in [0.15, 0.2) is 0 Å². The zero-order valence-electron chi connectivity index (χ0n) is 12.7. The second kappa shape index (κ2) is 6.83. The van der Waals surface area contributed by atoms with E-state index in [1.54, 1.807) is 6.33 Å². The van der Waals surface area contributed by atoms with E-state index in [1.807, 2.05) is 18.9 Å². The van der Waals surface area contributed by atoms with Gasteiger partial charge in [0.05, 0.1) is 12.6 Å². The Hall–Kier alpha value is -1.43. The Morgan fingerprint density at radius 2 is 2.15 bits per heavy atom. The fraction of sp³-hybridized carbons (Fsp3) is 0.786. The molecular weight excluding hydrogens is 254 g/mol. The van der Waals surface area contributed by atoms with Gasteiger partial charge in [-0.1, -0.05) is 6.92 Å². The van der Waals surface area contributed by atoms with Crippen molar-refractivity contribution >= 4 is 5.91 Å². The van der Waals surface area contributed by atoms with Gasteiger partial charge in [-0.3, -0.25) is 9.69 Å². The van der Waals surface area contributed by atoms with Gasteiger partial charge in [-0.15, -0.1) is 10.2 Å². The van der Waals surface area contributed by atoms with Crippen LogP contribution < -0.4 is 0 Å². The minimum Gasteiger partial charge on any atom is -0.341 e. The number of carbonyl (C=O) groups is 1. The number of nitrogens with zero attached hydrogens (tertiary/aromatic N) is 5. The number of aryl methyl sites for hydroxylation is 1. The number of rotatable bonds is 6. The Kier molecular flexibility index (Phi) is 5.11. The van der Waals surface area contributed by atoms with Gasteiger partial charge in [-0.25, -0.2) is 0 Å². The van der Waals surface area contributed by atoms with Gasteiger partial charge >= 0.3 is 0 Å². The van der Waals surface area contributed by atoms with Gasteiger partial charge in [0.2, 0.25) is 5.91 Å². The number of likely N-dealkylation sites (tertiary alicyclic amines) is 1. The van der Waals surface area contributed by atoms with E-state index in [2.05, 4.69) is 26.6 Å². The molecule has 6 nitrogen and oxygen atoms in total. The van der Waals surface area contributed by atoms with Crippen LogP contribution in [0.3, 0.4) is 0 Å². The Labute approximate surface area is 120 Å². The SMILES string of the molecule is CCCn1cnnc1CN(C)C(C)C(=O)N1CCCC1. The topological polar surface area (TPSA) is 54.3 Å². The molecule has 0 bridgehead atoms. The summed E-state index contributed by atoms with van der Waals surface area (Å²) in [5.41, 5.74) is 0. The summed E-state index contributed by atoms with van der Waals surface area (Å²) in [5, 5.41) is 8.13. The van der Waals surface area contributed by atoms with Gasteiger partial charge in [0, 0.05) is 19.6 Å². The van der Waals surface area contributed by atoms with Crippen molar-refractivity contribution in [3.05, 3.63) is 12.2 Å². The van der Waals surface area contributed by atoms with Gasteiger partial charge < -0.3 is 9.47 Å². The number of amides is 1. The molecule has 1 aromatic rings. The van der Waals surface area contributed by atoms with Crippen LogP contribution >= 0.6 is 0 Å². The summed E-state index contributed by atoms with van der Waals surface area (Å²) in [4.78, 5) is 16.4. The van der Waals surface area contributed by atoms with Gasteiger partial charge in [0.1, 0.15) is 12.2 Å². The zero-order chi connectivity index (χ0) is 14.5. The highest BCUT2D eigenvalue weighted by Gasteiger charge is 2.26. The number of aromatic nitrogens is 3. The number of hydrogen-bond acceptors (Lipinski definition) is 4. The zero-order valence-corrected chi connectivity index (χ0v) is 12.7. The van der Waals surface area contributed by atoms with Crippen molar-refractivity contribution in [1.29, 1.82) is 0 Å². The number of likely N-dealkylation sites (N-methyl/N-ethyl adjacent to an activating group) is 1. The summed E-state index contributed by atoms with van der Waals surface area (Å²) >= 11 is 0. The van der Waals surface area contributed by atoms with E-state index in [4.69, 9.17) is 0 Å². The molecule has 1 saturated heterocycles. The van der Waals surface area contributed by atoms with Gasteiger partial charge in [-0.05, 0) is 33.2 Å². The highest BCUT2D eigenvalue weighted by Crippen LogP contribution is 2.12. The third-order valence-corrected chi connectivity index (χ3v) is 3.99. The van der Waals surface area contributed by atoms with Crippen LogP contribution in [0.25, 0.3) is 0 Å². The largest absolute Gasteiger partial charge is 0.341 e. The first kappa shape index (κ1) is 15.0. The molecule has 1 atom stereocenters. The second-order valence-electron chi connectivity index (χ2n) is 5.56. The molecule has 1 aromatic heterocycles. The molecule has 112 valence electrons. The van der Waals surface area contributed by atoms with Crippen LogP contribution in [0.4, 0.5) is 0 Å². The van der Waals surface area contributed by atoms with E-state index in [0.717, 1.165) is 44.7 Å². The van der Waals surface area contributed by atoms with Crippen LogP contribution in [0.1, 0.15) is 38.9 Å². The van der Waals surface area contributed by atoms with Crippen LogP contribution in [0.2, 0.25) is 0 Å². The van der Waals surface area contributed by atoms with Crippen LogP contribution in [-0.4, -0.2) is 56.7 Å². The van der Waals surface area contributed by atoms with Gasteiger partial charge in [-0.2, -0.15) is 0 Å². The summed E-state index contributed by atoms with van der Waals surface area (Å²) in [5.74, 6) is 1.15. The first-order valence-electron chi connectivity index (χ1n) is 7.49. The molecule has 0 aliphatic carbocycles. The van der Waals surface area contributed by atoms with E-state index in [9.17, 15) is 4.79 Å². The minimum atomic E-state index is -0.111. The summed E-state index contributed by atoms with van der Waals surface area (Å²) in [6.45, 7) is 7.49. The van der Waals surface area contributed by atoms with E-state index >= 15 is 0 Å². The summed E-state index contributed by atoms with van der Waals surface area (Å²) in [6.07, 6.45) is 5.08. The highest BCUT2D eigenvalue weighted by molar-refractivity contribution is 5.81. The van der Waals surface area contributed by atoms with Crippen molar-refractivity contribution in [3.63, 3.8) is 0 Å². The third-order valence-electron chi connectivity index (χ3n) is 3.99. The maximum absolute atomic E-state index is 12.4. The summed E-state index contributed by atoms with van der Waals surface area (Å²) < 4.78 is 2.06. The molecule has 20 heavy (non-hydrogen) atoms. The highest BCUT2D eigenvalue weighted by atomic mass is 16.2. The average Bonchev–Trinajstić information content (AvgIpc) is 3.09. The van der Waals surface area contributed by atoms with Crippen molar-refractivity contribution in [2.24, 2.45) is 0 Å². The lowest BCUT2D eigenvalue weighted by Gasteiger charge is -2.27. The molecule has 1 unspecified atom stereocenters. The Morgan fingerprint density at radius 3 is 2.80 bits per heavy atom. The first-order valence-corrected chi connectivity index (χ1v) is 7.49. The molecule has 0 spiro atoms. The van der Waals surface area contributed by atoms with Crippen LogP contribution in [-0.2, 0) is 17.9 Å². The Bertz CT molecular complexity index is 439. The molecule has 1 aliphatic rings. The van der Waals surface area contributed by atoms with E-state index in [-0.39, 0.29) is 11.9 Å². The molecule has 2 rings (SSSR count). The average molecular weight is 279 g/mol. The standard InChI is InChI=1S/C14H25N5O/c1-4-7-19-11-15-16-13(19)10-17(3)12(2)14(20)18-8-5-6-9-18/h11-12H,4-10H2,1-3H3. The van der Waals surface area contributed by atoms with Crippen molar-refractivity contribution in [1.82, 2.24) is 24.6 Å². The Morgan fingerprint density at radius 1 is 1.45 bits per heavy atom. The van der Waals surface area contributed by atoms with Crippen LogP contribution in [0, 0.1) is 0 Å². The summed E-state index contributed by atoms with van der Waals surface area (Å²) in [7, 11) is 1.98. The maximum atomic E-state index is 12.4. The molecule has 1 fully saturated rings. The smallest absolute Gasteiger partial charge is 0.239 e. The number of hydrogen-bond donors (Lipinski definition) is 0. The molecular formula is C14H25N5O. The normalized spacial score (nSPS) is 16.9. The summed E-state index contributed by atoms with van der Waals surface area (Å²) in [6, 6.07) is -0.111. The lowest BCUT2D eigenvalue weighted by molar-refractivity contribution is -0.135. The third kappa shape index (κ3) is 3.36. The first-order chi connectivity index (χ1) is 9.63. The second-order valence-corrected chi connectivity index (χ2v) is 5.56. The van der Waals surface area contributed by atoms with Gasteiger partial charge in [0.25, 0.3) is 0 Å². The predicted octanol–water partition coefficient (Wildman–Crippen LogP) is 1.13.